The average Bonchev–Trinajstić information content (AvgIpc) is 2.07. The van der Waals surface area contributed by atoms with E-state index >= 15 is 0 Å². The van der Waals surface area contributed by atoms with Crippen molar-refractivity contribution in [3.05, 3.63) is 29.3 Å². The van der Waals surface area contributed by atoms with Gasteiger partial charge in [-0.2, -0.15) is 0 Å². The number of benzene rings is 1. The van der Waals surface area contributed by atoms with Crippen LogP contribution < -0.4 is 4.74 Å². The summed E-state index contributed by atoms with van der Waals surface area (Å²) in [7, 11) is 0. The second-order valence-corrected chi connectivity index (χ2v) is 2.81. The Morgan fingerprint density at radius 1 is 1.54 bits per heavy atom. The summed E-state index contributed by atoms with van der Waals surface area (Å²) in [5.74, 6) is 0.384. The standard InChI is InChI=1S/C10H12O3/c1-3-8-6-9(13-10(11)12)5-4-7(8)2/h4-6H,3H2,1-2H3,(H,11,12). The van der Waals surface area contributed by atoms with Crippen molar-refractivity contribution in [2.45, 2.75) is 20.3 Å². The summed E-state index contributed by atoms with van der Waals surface area (Å²) < 4.78 is 4.53. The lowest BCUT2D eigenvalue weighted by molar-refractivity contribution is 0.144. The lowest BCUT2D eigenvalue weighted by Gasteiger charge is -2.05. The van der Waals surface area contributed by atoms with Crippen molar-refractivity contribution in [2.24, 2.45) is 0 Å². The highest BCUT2D eigenvalue weighted by Crippen LogP contribution is 2.17. The van der Waals surface area contributed by atoms with Gasteiger partial charge in [0, 0.05) is 0 Å². The molecule has 0 saturated heterocycles. The van der Waals surface area contributed by atoms with E-state index in [1.54, 1.807) is 12.1 Å². The molecule has 1 rings (SSSR count). The number of ether oxygens (including phenoxy) is 1. The zero-order valence-electron chi connectivity index (χ0n) is 7.70. The van der Waals surface area contributed by atoms with Gasteiger partial charge in [-0.25, -0.2) is 4.79 Å². The Bertz CT molecular complexity index is 318. The maximum absolute atomic E-state index is 10.2. The Labute approximate surface area is 77.0 Å². The third-order valence-corrected chi connectivity index (χ3v) is 1.91. The van der Waals surface area contributed by atoms with Crippen molar-refractivity contribution in [1.82, 2.24) is 0 Å². The minimum atomic E-state index is -1.27. The fourth-order valence-electron chi connectivity index (χ4n) is 1.19. The Balaban J connectivity index is 2.92. The molecule has 0 unspecified atom stereocenters. The molecule has 1 aromatic carbocycles. The van der Waals surface area contributed by atoms with Gasteiger partial charge in [0.05, 0.1) is 0 Å². The molecule has 3 heteroatoms. The molecule has 0 bridgehead atoms. The Morgan fingerprint density at radius 2 is 2.23 bits per heavy atom. The number of carboxylic acid groups (broad SMARTS) is 1. The first kappa shape index (κ1) is 9.58. The van der Waals surface area contributed by atoms with E-state index in [4.69, 9.17) is 5.11 Å². The molecule has 0 heterocycles. The minimum absolute atomic E-state index is 0.384. The van der Waals surface area contributed by atoms with Gasteiger partial charge in [0.15, 0.2) is 0 Å². The summed E-state index contributed by atoms with van der Waals surface area (Å²) in [6.07, 6.45) is -0.395. The second kappa shape index (κ2) is 3.94. The van der Waals surface area contributed by atoms with E-state index in [0.717, 1.165) is 17.5 Å². The Kier molecular flexibility index (Phi) is 2.90. The van der Waals surface area contributed by atoms with E-state index in [9.17, 15) is 4.79 Å². The molecule has 0 saturated carbocycles. The van der Waals surface area contributed by atoms with E-state index in [1.165, 1.54) is 0 Å². The van der Waals surface area contributed by atoms with Gasteiger partial charge in [-0.1, -0.05) is 13.0 Å². The van der Waals surface area contributed by atoms with Crippen LogP contribution >= 0.6 is 0 Å². The van der Waals surface area contributed by atoms with E-state index in [2.05, 4.69) is 4.74 Å². The third-order valence-electron chi connectivity index (χ3n) is 1.91. The van der Waals surface area contributed by atoms with E-state index in [1.807, 2.05) is 19.9 Å². The lowest BCUT2D eigenvalue weighted by atomic mass is 10.1. The van der Waals surface area contributed by atoms with Gasteiger partial charge in [0.25, 0.3) is 0 Å². The fraction of sp³-hybridized carbons (Fsp3) is 0.300. The quantitative estimate of drug-likeness (QED) is 0.562. The van der Waals surface area contributed by atoms with E-state index < -0.39 is 6.16 Å². The summed E-state index contributed by atoms with van der Waals surface area (Å²) in [6.45, 7) is 4.01. The topological polar surface area (TPSA) is 46.5 Å². The number of hydrogen-bond acceptors (Lipinski definition) is 2. The molecular weight excluding hydrogens is 168 g/mol. The van der Waals surface area contributed by atoms with E-state index in [-0.39, 0.29) is 0 Å². The van der Waals surface area contributed by atoms with Crippen LogP contribution in [-0.4, -0.2) is 11.3 Å². The maximum Gasteiger partial charge on any atom is 0.511 e. The molecule has 0 aliphatic carbocycles. The van der Waals surface area contributed by atoms with Gasteiger partial charge in [-0.15, -0.1) is 0 Å². The number of rotatable bonds is 2. The van der Waals surface area contributed by atoms with Crippen LogP contribution in [0.25, 0.3) is 0 Å². The molecular formula is C10H12O3. The van der Waals surface area contributed by atoms with Crippen molar-refractivity contribution < 1.29 is 14.6 Å². The molecule has 0 fully saturated rings. The maximum atomic E-state index is 10.2. The van der Waals surface area contributed by atoms with Crippen molar-refractivity contribution in [3.8, 4) is 5.75 Å². The van der Waals surface area contributed by atoms with Crippen LogP contribution in [0.5, 0.6) is 5.75 Å². The molecule has 13 heavy (non-hydrogen) atoms. The first-order valence-electron chi connectivity index (χ1n) is 4.13. The Hall–Kier alpha value is -1.51. The van der Waals surface area contributed by atoms with Crippen LogP contribution in [0.4, 0.5) is 4.79 Å². The highest BCUT2D eigenvalue weighted by atomic mass is 16.7. The highest BCUT2D eigenvalue weighted by Gasteiger charge is 2.02. The molecule has 0 spiro atoms. The number of aryl methyl sites for hydroxylation is 2. The zero-order chi connectivity index (χ0) is 9.84. The normalized spacial score (nSPS) is 9.69. The summed E-state index contributed by atoms with van der Waals surface area (Å²) >= 11 is 0. The molecule has 0 radical (unpaired) electrons. The van der Waals surface area contributed by atoms with Crippen LogP contribution in [0, 0.1) is 6.92 Å². The van der Waals surface area contributed by atoms with Crippen LogP contribution in [0.2, 0.25) is 0 Å². The summed E-state index contributed by atoms with van der Waals surface area (Å²) in [4.78, 5) is 10.2. The SMILES string of the molecule is CCc1cc(OC(=O)O)ccc1C. The van der Waals surface area contributed by atoms with E-state index in [0.29, 0.717) is 5.75 Å². The van der Waals surface area contributed by atoms with Gasteiger partial charge in [0.1, 0.15) is 5.75 Å². The van der Waals surface area contributed by atoms with Gasteiger partial charge >= 0.3 is 6.16 Å². The lowest BCUT2D eigenvalue weighted by Crippen LogP contribution is -2.03. The van der Waals surface area contributed by atoms with Crippen molar-refractivity contribution in [3.63, 3.8) is 0 Å². The Morgan fingerprint density at radius 3 is 2.77 bits per heavy atom. The number of hydrogen-bond donors (Lipinski definition) is 1. The predicted octanol–water partition coefficient (Wildman–Crippen LogP) is 2.61. The molecule has 3 nitrogen and oxygen atoms in total. The van der Waals surface area contributed by atoms with Crippen LogP contribution in [-0.2, 0) is 6.42 Å². The largest absolute Gasteiger partial charge is 0.511 e. The van der Waals surface area contributed by atoms with Crippen LogP contribution in [0.1, 0.15) is 18.1 Å². The summed E-state index contributed by atoms with van der Waals surface area (Å²) in [5, 5.41) is 8.38. The molecule has 1 aromatic rings. The fourth-order valence-corrected chi connectivity index (χ4v) is 1.19. The van der Waals surface area contributed by atoms with Gasteiger partial charge < -0.3 is 9.84 Å². The second-order valence-electron chi connectivity index (χ2n) is 2.81. The molecule has 1 N–H and O–H groups in total. The van der Waals surface area contributed by atoms with Crippen LogP contribution in [0.3, 0.4) is 0 Å². The van der Waals surface area contributed by atoms with Gasteiger partial charge in [0.2, 0.25) is 0 Å². The van der Waals surface area contributed by atoms with Crippen molar-refractivity contribution in [2.75, 3.05) is 0 Å². The monoisotopic (exact) mass is 180 g/mol. The molecule has 0 amide bonds. The minimum Gasteiger partial charge on any atom is -0.449 e. The molecule has 0 aliphatic heterocycles. The van der Waals surface area contributed by atoms with Crippen molar-refractivity contribution >= 4 is 6.16 Å². The number of carbonyl (C=O) groups is 1. The van der Waals surface area contributed by atoms with Gasteiger partial charge in [-0.05, 0) is 36.6 Å². The molecule has 0 aliphatic rings. The van der Waals surface area contributed by atoms with Crippen LogP contribution in [0.15, 0.2) is 18.2 Å². The highest BCUT2D eigenvalue weighted by molar-refractivity contribution is 5.61. The summed E-state index contributed by atoms with van der Waals surface area (Å²) in [5.41, 5.74) is 2.26. The molecule has 0 atom stereocenters. The van der Waals surface area contributed by atoms with Gasteiger partial charge in [-0.3, -0.25) is 0 Å². The molecule has 0 aromatic heterocycles. The van der Waals surface area contributed by atoms with Crippen molar-refractivity contribution in [1.29, 1.82) is 0 Å². The first-order chi connectivity index (χ1) is 6.13. The first-order valence-corrected chi connectivity index (χ1v) is 4.13. The zero-order valence-corrected chi connectivity index (χ0v) is 7.70. The average molecular weight is 180 g/mol. The third kappa shape index (κ3) is 2.47. The molecule has 70 valence electrons. The summed E-state index contributed by atoms with van der Waals surface area (Å²) in [6, 6.07) is 5.27. The predicted molar refractivity (Wildman–Crippen MR) is 49.2 cm³/mol. The smallest absolute Gasteiger partial charge is 0.449 e.